The molecule has 0 atom stereocenters. The fourth-order valence-corrected chi connectivity index (χ4v) is 2.86. The molecule has 0 bridgehead atoms. The van der Waals surface area contributed by atoms with E-state index >= 15 is 0 Å². The minimum absolute atomic E-state index is 0.240. The Kier molecular flexibility index (Phi) is 3.78. The van der Waals surface area contributed by atoms with Crippen molar-refractivity contribution in [3.05, 3.63) is 48.7 Å². The quantitative estimate of drug-likeness (QED) is 0.728. The van der Waals surface area contributed by atoms with Crippen LogP contribution in [0.4, 0.5) is 23.1 Å². The van der Waals surface area contributed by atoms with Gasteiger partial charge in [-0.25, -0.2) is 4.98 Å². The second-order valence-corrected chi connectivity index (χ2v) is 5.94. The molecular formula is C19H16N4O4. The van der Waals surface area contributed by atoms with Crippen molar-refractivity contribution in [2.45, 2.75) is 0 Å². The number of nitrogens with one attached hydrogen (secondary N) is 2. The van der Waals surface area contributed by atoms with E-state index in [0.717, 1.165) is 28.6 Å². The lowest BCUT2D eigenvalue weighted by Gasteiger charge is -2.19. The smallest absolute Gasteiger partial charge is 0.231 e. The molecule has 1 aromatic heterocycles. The van der Waals surface area contributed by atoms with Gasteiger partial charge in [-0.05, 0) is 30.3 Å². The van der Waals surface area contributed by atoms with Crippen molar-refractivity contribution in [2.75, 3.05) is 30.6 Å². The number of rotatable bonds is 4. The molecule has 0 spiro atoms. The molecule has 136 valence electrons. The summed E-state index contributed by atoms with van der Waals surface area (Å²) in [4.78, 5) is 8.75. The van der Waals surface area contributed by atoms with Gasteiger partial charge in [-0.3, -0.25) is 0 Å². The minimum atomic E-state index is 0.240. The van der Waals surface area contributed by atoms with Gasteiger partial charge in [-0.2, -0.15) is 4.98 Å². The van der Waals surface area contributed by atoms with E-state index in [9.17, 15) is 0 Å². The molecule has 0 saturated heterocycles. The molecule has 0 amide bonds. The summed E-state index contributed by atoms with van der Waals surface area (Å²) in [6.45, 7) is 1.36. The number of ether oxygens (including phenoxy) is 4. The fourth-order valence-electron chi connectivity index (χ4n) is 2.86. The second kappa shape index (κ2) is 6.56. The Balaban J connectivity index is 1.33. The van der Waals surface area contributed by atoms with E-state index in [1.54, 1.807) is 12.3 Å². The second-order valence-electron chi connectivity index (χ2n) is 5.94. The summed E-state index contributed by atoms with van der Waals surface area (Å²) in [6, 6.07) is 13.1. The zero-order valence-corrected chi connectivity index (χ0v) is 14.3. The summed E-state index contributed by atoms with van der Waals surface area (Å²) < 4.78 is 21.9. The Bertz CT molecular complexity index is 995. The first-order valence-corrected chi connectivity index (χ1v) is 8.50. The van der Waals surface area contributed by atoms with Crippen LogP contribution < -0.4 is 29.6 Å². The Labute approximate surface area is 155 Å². The Morgan fingerprint density at radius 2 is 1.37 bits per heavy atom. The van der Waals surface area contributed by atoms with Crippen LogP contribution in [-0.4, -0.2) is 30.0 Å². The molecular weight excluding hydrogens is 348 g/mol. The summed E-state index contributed by atoms with van der Waals surface area (Å²) in [5, 5.41) is 6.42. The molecule has 0 aliphatic carbocycles. The highest BCUT2D eigenvalue weighted by molar-refractivity contribution is 5.64. The van der Waals surface area contributed by atoms with Gasteiger partial charge in [0.1, 0.15) is 19.0 Å². The zero-order valence-electron chi connectivity index (χ0n) is 14.3. The number of nitrogens with zero attached hydrogens (tertiary/aromatic N) is 2. The molecule has 2 aliphatic heterocycles. The highest BCUT2D eigenvalue weighted by Gasteiger charge is 2.14. The zero-order chi connectivity index (χ0) is 18.1. The molecule has 0 fully saturated rings. The Hall–Kier alpha value is -3.68. The molecule has 8 nitrogen and oxygen atoms in total. The van der Waals surface area contributed by atoms with E-state index < -0.39 is 0 Å². The summed E-state index contributed by atoms with van der Waals surface area (Å²) in [5.41, 5.74) is 1.67. The third kappa shape index (κ3) is 3.24. The van der Waals surface area contributed by atoms with Gasteiger partial charge in [0.05, 0.1) is 0 Å². The van der Waals surface area contributed by atoms with Crippen LogP contribution in [0.1, 0.15) is 0 Å². The van der Waals surface area contributed by atoms with Gasteiger partial charge >= 0.3 is 0 Å². The molecule has 2 aromatic carbocycles. The van der Waals surface area contributed by atoms with Crippen LogP contribution in [0.3, 0.4) is 0 Å². The largest absolute Gasteiger partial charge is 0.486 e. The summed E-state index contributed by atoms with van der Waals surface area (Å²) in [6.07, 6.45) is 1.68. The monoisotopic (exact) mass is 364 g/mol. The number of hydrogen-bond acceptors (Lipinski definition) is 8. The van der Waals surface area contributed by atoms with Gasteiger partial charge in [0.15, 0.2) is 23.0 Å². The lowest BCUT2D eigenvalue weighted by atomic mass is 10.2. The highest BCUT2D eigenvalue weighted by atomic mass is 16.7. The first kappa shape index (κ1) is 15.6. The molecule has 2 N–H and O–H groups in total. The number of fused-ring (bicyclic) bond motifs is 2. The number of hydrogen-bond donors (Lipinski definition) is 2. The predicted octanol–water partition coefficient (Wildman–Crippen LogP) is 3.46. The lowest BCUT2D eigenvalue weighted by Crippen LogP contribution is -2.15. The van der Waals surface area contributed by atoms with Crippen molar-refractivity contribution in [1.82, 2.24) is 9.97 Å². The van der Waals surface area contributed by atoms with Crippen molar-refractivity contribution in [2.24, 2.45) is 0 Å². The van der Waals surface area contributed by atoms with Crippen LogP contribution in [0.25, 0.3) is 0 Å². The van der Waals surface area contributed by atoms with Gasteiger partial charge in [0.25, 0.3) is 0 Å². The van der Waals surface area contributed by atoms with E-state index in [1.807, 2.05) is 36.4 Å². The topological polar surface area (TPSA) is 86.8 Å². The third-order valence-electron chi connectivity index (χ3n) is 4.10. The SMILES string of the molecule is c1cc(Nc2ccc3c(c2)OCCO3)nc(Nc2ccc3c(c2)OCO3)n1. The highest BCUT2D eigenvalue weighted by Crippen LogP contribution is 2.35. The van der Waals surface area contributed by atoms with Crippen molar-refractivity contribution in [3.8, 4) is 23.0 Å². The van der Waals surface area contributed by atoms with Crippen molar-refractivity contribution >= 4 is 23.1 Å². The molecule has 0 saturated carbocycles. The first-order valence-electron chi connectivity index (χ1n) is 8.50. The minimum Gasteiger partial charge on any atom is -0.486 e. The molecule has 8 heteroatoms. The van der Waals surface area contributed by atoms with Crippen LogP contribution in [0, 0.1) is 0 Å². The van der Waals surface area contributed by atoms with Crippen molar-refractivity contribution in [3.63, 3.8) is 0 Å². The van der Waals surface area contributed by atoms with Gasteiger partial charge < -0.3 is 29.6 Å². The number of anilines is 4. The van der Waals surface area contributed by atoms with Crippen LogP contribution in [-0.2, 0) is 0 Å². The van der Waals surface area contributed by atoms with Gasteiger partial charge in [-0.1, -0.05) is 0 Å². The maximum absolute atomic E-state index is 5.61. The predicted molar refractivity (Wildman–Crippen MR) is 98.6 cm³/mol. The molecule has 0 radical (unpaired) electrons. The summed E-state index contributed by atoms with van der Waals surface area (Å²) in [7, 11) is 0. The average molecular weight is 364 g/mol. The molecule has 0 unspecified atom stereocenters. The van der Waals surface area contributed by atoms with E-state index in [2.05, 4.69) is 20.6 Å². The van der Waals surface area contributed by atoms with E-state index in [4.69, 9.17) is 18.9 Å². The Morgan fingerprint density at radius 1 is 0.704 bits per heavy atom. The molecule has 5 rings (SSSR count). The van der Waals surface area contributed by atoms with E-state index in [-0.39, 0.29) is 6.79 Å². The number of benzene rings is 2. The Morgan fingerprint density at radius 3 is 2.22 bits per heavy atom. The van der Waals surface area contributed by atoms with Crippen molar-refractivity contribution in [1.29, 1.82) is 0 Å². The van der Waals surface area contributed by atoms with Gasteiger partial charge in [-0.15, -0.1) is 0 Å². The molecule has 3 heterocycles. The molecule has 27 heavy (non-hydrogen) atoms. The molecule has 3 aromatic rings. The van der Waals surface area contributed by atoms with Crippen LogP contribution in [0.5, 0.6) is 23.0 Å². The first-order chi connectivity index (χ1) is 13.3. The third-order valence-corrected chi connectivity index (χ3v) is 4.10. The van der Waals surface area contributed by atoms with Crippen LogP contribution in [0.15, 0.2) is 48.7 Å². The average Bonchev–Trinajstić information content (AvgIpc) is 3.16. The number of aromatic nitrogens is 2. The summed E-state index contributed by atoms with van der Waals surface area (Å²) >= 11 is 0. The van der Waals surface area contributed by atoms with Crippen LogP contribution in [0.2, 0.25) is 0 Å². The summed E-state index contributed by atoms with van der Waals surface area (Å²) in [5.74, 6) is 4.03. The maximum atomic E-state index is 5.61. The molecule has 2 aliphatic rings. The normalized spacial score (nSPS) is 13.9. The lowest BCUT2D eigenvalue weighted by molar-refractivity contribution is 0.171. The van der Waals surface area contributed by atoms with Gasteiger partial charge in [0.2, 0.25) is 12.7 Å². The standard InChI is InChI=1S/C19H16N4O4/c1-3-14-16(25-8-7-24-14)9-12(1)21-18-5-6-20-19(23-18)22-13-2-4-15-17(10-13)27-11-26-15/h1-6,9-10H,7-8,11H2,(H2,20,21,22,23). The fraction of sp³-hybridized carbons (Fsp3) is 0.158. The van der Waals surface area contributed by atoms with Crippen LogP contribution >= 0.6 is 0 Å². The van der Waals surface area contributed by atoms with E-state index in [0.29, 0.717) is 30.7 Å². The maximum Gasteiger partial charge on any atom is 0.231 e. The van der Waals surface area contributed by atoms with Crippen molar-refractivity contribution < 1.29 is 18.9 Å². The van der Waals surface area contributed by atoms with E-state index in [1.165, 1.54) is 0 Å². The van der Waals surface area contributed by atoms with Gasteiger partial charge in [0, 0.05) is 29.7 Å².